The maximum absolute atomic E-state index is 9.80. The van der Waals surface area contributed by atoms with Crippen LogP contribution < -0.4 is 10.6 Å². The van der Waals surface area contributed by atoms with Gasteiger partial charge in [-0.05, 0) is 32.7 Å². The number of rotatable bonds is 5. The molecule has 3 N–H and O–H groups in total. The van der Waals surface area contributed by atoms with E-state index in [4.69, 9.17) is 5.26 Å². The molecule has 1 rings (SSSR count). The fourth-order valence-electron chi connectivity index (χ4n) is 1.33. The first kappa shape index (κ1) is 14.3. The molecule has 0 spiro atoms. The minimum Gasteiger partial charge on any atom is -0.354 e. The first-order valence-corrected chi connectivity index (χ1v) is 5.44. The maximum Gasteiger partial charge on any atom is 0.207 e. The lowest BCUT2D eigenvalue weighted by Gasteiger charge is -2.09. The number of carbonyl (C=O) groups excluding carboxylic acids is 1. The summed E-state index contributed by atoms with van der Waals surface area (Å²) in [5.74, 6) is 0. The molecular weight excluding hydrogens is 196 g/mol. The van der Waals surface area contributed by atoms with E-state index in [1.54, 1.807) is 0 Å². The minimum absolute atomic E-state index is 0.0764. The van der Waals surface area contributed by atoms with E-state index in [-0.39, 0.29) is 12.6 Å². The standard InChI is InChI=1S/C5H11NO3.C5H11N/c1-2-5(3-9-8)6-4-7;1-5-3-2-4-6-5/h4-5,8H,2-3H2,1H3,(H,6,7);5-6H,2-4H2,1H3/t2*5-/m01/s1. The lowest BCUT2D eigenvalue weighted by molar-refractivity contribution is -0.246. The van der Waals surface area contributed by atoms with Gasteiger partial charge in [-0.25, -0.2) is 4.89 Å². The Kier molecular flexibility index (Phi) is 9.46. The molecule has 1 amide bonds. The van der Waals surface area contributed by atoms with Gasteiger partial charge >= 0.3 is 0 Å². The second-order valence-electron chi connectivity index (χ2n) is 3.68. The van der Waals surface area contributed by atoms with E-state index in [9.17, 15) is 4.79 Å². The quantitative estimate of drug-likeness (QED) is 0.362. The minimum atomic E-state index is -0.0764. The third kappa shape index (κ3) is 8.35. The summed E-state index contributed by atoms with van der Waals surface area (Å²) in [6.07, 6.45) is 4.09. The van der Waals surface area contributed by atoms with Gasteiger partial charge in [0.05, 0.1) is 6.04 Å². The molecule has 1 heterocycles. The van der Waals surface area contributed by atoms with E-state index in [1.807, 2.05) is 6.92 Å². The second-order valence-corrected chi connectivity index (χ2v) is 3.68. The van der Waals surface area contributed by atoms with Crippen molar-refractivity contribution in [1.29, 1.82) is 0 Å². The van der Waals surface area contributed by atoms with E-state index in [1.165, 1.54) is 19.4 Å². The van der Waals surface area contributed by atoms with Crippen LogP contribution in [-0.2, 0) is 9.68 Å². The fourth-order valence-corrected chi connectivity index (χ4v) is 1.33. The number of nitrogens with one attached hydrogen (secondary N) is 2. The first-order chi connectivity index (χ1) is 7.24. The molecule has 90 valence electrons. The Labute approximate surface area is 91.1 Å². The highest BCUT2D eigenvalue weighted by molar-refractivity contribution is 5.46. The van der Waals surface area contributed by atoms with Crippen molar-refractivity contribution in [2.75, 3.05) is 13.2 Å². The zero-order chi connectivity index (χ0) is 11.5. The van der Waals surface area contributed by atoms with Crippen LogP contribution in [0.25, 0.3) is 0 Å². The van der Waals surface area contributed by atoms with Gasteiger partial charge in [0, 0.05) is 6.04 Å². The van der Waals surface area contributed by atoms with Crippen LogP contribution in [0.4, 0.5) is 0 Å². The molecule has 0 aromatic heterocycles. The van der Waals surface area contributed by atoms with E-state index in [0.29, 0.717) is 6.41 Å². The van der Waals surface area contributed by atoms with Crippen molar-refractivity contribution in [3.63, 3.8) is 0 Å². The second kappa shape index (κ2) is 9.89. The molecule has 0 aromatic carbocycles. The van der Waals surface area contributed by atoms with Gasteiger partial charge in [0.2, 0.25) is 6.41 Å². The van der Waals surface area contributed by atoms with Crippen molar-refractivity contribution in [2.24, 2.45) is 0 Å². The first-order valence-electron chi connectivity index (χ1n) is 5.44. The normalized spacial score (nSPS) is 21.4. The molecule has 0 radical (unpaired) electrons. The number of carbonyl (C=O) groups is 1. The lowest BCUT2D eigenvalue weighted by Crippen LogP contribution is -2.31. The average molecular weight is 218 g/mol. The molecule has 1 aliphatic rings. The Bertz CT molecular complexity index is 150. The van der Waals surface area contributed by atoms with Crippen LogP contribution in [0.3, 0.4) is 0 Å². The molecule has 0 bridgehead atoms. The smallest absolute Gasteiger partial charge is 0.207 e. The SMILES string of the molecule is CC[C@@H](COO)NC=O.C[C@@H]1CCCN1. The van der Waals surface area contributed by atoms with Gasteiger partial charge < -0.3 is 10.6 Å². The van der Waals surface area contributed by atoms with Gasteiger partial charge in [-0.1, -0.05) is 6.92 Å². The lowest BCUT2D eigenvalue weighted by atomic mass is 10.2. The Morgan fingerprint density at radius 1 is 1.73 bits per heavy atom. The molecule has 5 heteroatoms. The van der Waals surface area contributed by atoms with Crippen LogP contribution in [0.5, 0.6) is 0 Å². The number of hydrogen-bond acceptors (Lipinski definition) is 4. The zero-order valence-corrected chi connectivity index (χ0v) is 9.53. The van der Waals surface area contributed by atoms with E-state index in [2.05, 4.69) is 22.4 Å². The van der Waals surface area contributed by atoms with Crippen molar-refractivity contribution in [2.45, 2.75) is 45.2 Å². The van der Waals surface area contributed by atoms with E-state index in [0.717, 1.165) is 12.5 Å². The van der Waals surface area contributed by atoms with Crippen molar-refractivity contribution in [3.8, 4) is 0 Å². The third-order valence-electron chi connectivity index (χ3n) is 2.38. The molecule has 1 fully saturated rings. The van der Waals surface area contributed by atoms with Crippen LogP contribution in [0.15, 0.2) is 0 Å². The zero-order valence-electron chi connectivity index (χ0n) is 9.53. The topological polar surface area (TPSA) is 70.6 Å². The van der Waals surface area contributed by atoms with Crippen LogP contribution in [0.1, 0.15) is 33.1 Å². The summed E-state index contributed by atoms with van der Waals surface area (Å²) in [4.78, 5) is 13.6. The van der Waals surface area contributed by atoms with Gasteiger partial charge in [-0.15, -0.1) is 0 Å². The molecule has 0 saturated carbocycles. The molecule has 15 heavy (non-hydrogen) atoms. The third-order valence-corrected chi connectivity index (χ3v) is 2.38. The Balaban J connectivity index is 0.000000280. The highest BCUT2D eigenvalue weighted by atomic mass is 17.1. The van der Waals surface area contributed by atoms with Crippen LogP contribution in [-0.4, -0.2) is 36.9 Å². The summed E-state index contributed by atoms with van der Waals surface area (Å²) in [5.41, 5.74) is 0. The predicted molar refractivity (Wildman–Crippen MR) is 58.6 cm³/mol. The monoisotopic (exact) mass is 218 g/mol. The van der Waals surface area contributed by atoms with Gasteiger partial charge in [-0.3, -0.25) is 10.1 Å². The van der Waals surface area contributed by atoms with Gasteiger partial charge in [0.1, 0.15) is 6.61 Å². The summed E-state index contributed by atoms with van der Waals surface area (Å²) in [6.45, 7) is 5.50. The van der Waals surface area contributed by atoms with Crippen LogP contribution in [0, 0.1) is 0 Å². The van der Waals surface area contributed by atoms with Crippen molar-refractivity contribution < 1.29 is 14.9 Å². The van der Waals surface area contributed by atoms with Crippen LogP contribution >= 0.6 is 0 Å². The average Bonchev–Trinajstić information content (AvgIpc) is 2.70. The summed E-state index contributed by atoms with van der Waals surface area (Å²) in [6, 6.07) is 0.720. The highest BCUT2D eigenvalue weighted by Gasteiger charge is 2.05. The van der Waals surface area contributed by atoms with E-state index < -0.39 is 0 Å². The number of hydrogen-bond donors (Lipinski definition) is 3. The van der Waals surface area contributed by atoms with Crippen molar-refractivity contribution >= 4 is 6.41 Å². The summed E-state index contributed by atoms with van der Waals surface area (Å²) >= 11 is 0. The fraction of sp³-hybridized carbons (Fsp3) is 0.900. The molecular formula is C10H22N2O3. The highest BCUT2D eigenvalue weighted by Crippen LogP contribution is 2.01. The van der Waals surface area contributed by atoms with Gasteiger partial charge in [0.25, 0.3) is 0 Å². The van der Waals surface area contributed by atoms with Crippen molar-refractivity contribution in [1.82, 2.24) is 10.6 Å². The molecule has 5 nitrogen and oxygen atoms in total. The summed E-state index contributed by atoms with van der Waals surface area (Å²) < 4.78 is 0. The molecule has 2 atom stereocenters. The Hall–Kier alpha value is -0.650. The molecule has 0 aliphatic carbocycles. The summed E-state index contributed by atoms with van der Waals surface area (Å²) in [5, 5.41) is 13.7. The largest absolute Gasteiger partial charge is 0.354 e. The molecule has 1 saturated heterocycles. The van der Waals surface area contributed by atoms with Crippen molar-refractivity contribution in [3.05, 3.63) is 0 Å². The van der Waals surface area contributed by atoms with E-state index >= 15 is 0 Å². The predicted octanol–water partition coefficient (Wildman–Crippen LogP) is 0.759. The van der Waals surface area contributed by atoms with Crippen LogP contribution in [0.2, 0.25) is 0 Å². The summed E-state index contributed by atoms with van der Waals surface area (Å²) in [7, 11) is 0. The maximum atomic E-state index is 9.80. The molecule has 1 aliphatic heterocycles. The van der Waals surface area contributed by atoms with Gasteiger partial charge in [0.15, 0.2) is 0 Å². The number of amides is 1. The Morgan fingerprint density at radius 3 is 2.73 bits per heavy atom. The molecule has 0 aromatic rings. The molecule has 0 unspecified atom stereocenters. The Morgan fingerprint density at radius 2 is 2.47 bits per heavy atom. The van der Waals surface area contributed by atoms with Gasteiger partial charge in [-0.2, -0.15) is 0 Å².